The Morgan fingerprint density at radius 3 is 2.39 bits per heavy atom. The number of fused-ring (bicyclic) bond motifs is 1. The number of nitrogens with one attached hydrogen (secondary N) is 1. The lowest BCUT2D eigenvalue weighted by Gasteiger charge is -2.24. The van der Waals surface area contributed by atoms with Crippen LogP contribution >= 0.6 is 0 Å². The number of aromatic nitrogens is 2. The molecule has 1 aliphatic carbocycles. The highest BCUT2D eigenvalue weighted by molar-refractivity contribution is 5.74. The van der Waals surface area contributed by atoms with Gasteiger partial charge in [-0.2, -0.15) is 0 Å². The van der Waals surface area contributed by atoms with Crippen molar-refractivity contribution >= 4 is 17.3 Å². The van der Waals surface area contributed by atoms with Crippen LogP contribution in [0.2, 0.25) is 0 Å². The average Bonchev–Trinajstić information content (AvgIpc) is 3.19. The first kappa shape index (κ1) is 21.9. The SMILES string of the molecule is [2H]C([2H])(O)c1nc(NCc2ccc(OC)cc2)c2c(n1)N(c1ccc(OC3CCCCC3)cc1)CC2(C)C. The first-order chi connectivity index (χ1) is 18.1. The maximum absolute atomic E-state index is 10.2. The number of anilines is 3. The number of hydrogen-bond donors (Lipinski definition) is 2. The summed E-state index contributed by atoms with van der Waals surface area (Å²) in [6.45, 7) is 2.68. The van der Waals surface area contributed by atoms with Crippen molar-refractivity contribution in [2.75, 3.05) is 23.9 Å². The number of methoxy groups -OCH3 is 1. The van der Waals surface area contributed by atoms with E-state index in [1.807, 2.05) is 48.5 Å². The molecule has 1 fully saturated rings. The quantitative estimate of drug-likeness (QED) is 0.417. The molecular formula is C29H36N4O3. The zero-order chi connectivity index (χ0) is 26.9. The maximum Gasteiger partial charge on any atom is 0.158 e. The fraction of sp³-hybridized carbons (Fsp3) is 0.448. The van der Waals surface area contributed by atoms with Crippen molar-refractivity contribution < 1.29 is 17.3 Å². The fourth-order valence-corrected chi connectivity index (χ4v) is 5.22. The monoisotopic (exact) mass is 490 g/mol. The standard InChI is InChI=1S/C29H36N4O3/c1-29(2)19-33(21-11-15-24(16-12-21)36-23-7-5-4-6-8-23)28-26(29)27(31-25(18-34)32-28)30-17-20-9-13-22(35-3)14-10-20/h9-16,23,34H,4-8,17-19H2,1-3H3,(H,30,31,32)/i18D2. The molecule has 0 unspecified atom stereocenters. The van der Waals surface area contributed by atoms with Crippen LogP contribution in [0.15, 0.2) is 48.5 Å². The van der Waals surface area contributed by atoms with Gasteiger partial charge in [0.1, 0.15) is 29.7 Å². The van der Waals surface area contributed by atoms with Crippen molar-refractivity contribution in [3.05, 3.63) is 65.5 Å². The molecule has 2 aromatic carbocycles. The Kier molecular flexibility index (Phi) is 6.30. The van der Waals surface area contributed by atoms with Gasteiger partial charge in [-0.3, -0.25) is 0 Å². The summed E-state index contributed by atoms with van der Waals surface area (Å²) in [6.07, 6.45) is 6.21. The van der Waals surface area contributed by atoms with Crippen LogP contribution in [0.1, 0.15) is 65.6 Å². The van der Waals surface area contributed by atoms with Gasteiger partial charge in [0.2, 0.25) is 0 Å². The highest BCUT2D eigenvalue weighted by Crippen LogP contribution is 2.46. The van der Waals surface area contributed by atoms with Gasteiger partial charge in [0, 0.05) is 29.8 Å². The van der Waals surface area contributed by atoms with E-state index in [2.05, 4.69) is 34.0 Å². The lowest BCUT2D eigenvalue weighted by molar-refractivity contribution is 0.155. The molecule has 2 N–H and O–H groups in total. The third-order valence-corrected chi connectivity index (χ3v) is 7.10. The molecule has 5 rings (SSSR count). The Hall–Kier alpha value is -3.32. The molecule has 36 heavy (non-hydrogen) atoms. The van der Waals surface area contributed by atoms with E-state index in [1.165, 1.54) is 19.3 Å². The topological polar surface area (TPSA) is 79.7 Å². The first-order valence-electron chi connectivity index (χ1n) is 13.7. The Bertz CT molecular complexity index is 1250. The van der Waals surface area contributed by atoms with Gasteiger partial charge in [0.25, 0.3) is 0 Å². The van der Waals surface area contributed by atoms with Crippen molar-refractivity contribution in [3.63, 3.8) is 0 Å². The van der Waals surface area contributed by atoms with Crippen LogP contribution in [0.3, 0.4) is 0 Å². The van der Waals surface area contributed by atoms with E-state index in [-0.39, 0.29) is 17.3 Å². The Morgan fingerprint density at radius 1 is 1.03 bits per heavy atom. The lowest BCUT2D eigenvalue weighted by Crippen LogP contribution is -2.25. The molecule has 1 aromatic heterocycles. The van der Waals surface area contributed by atoms with Gasteiger partial charge >= 0.3 is 0 Å². The van der Waals surface area contributed by atoms with Gasteiger partial charge in [0.15, 0.2) is 5.82 Å². The predicted molar refractivity (Wildman–Crippen MR) is 142 cm³/mol. The minimum absolute atomic E-state index is 0.270. The minimum atomic E-state index is -2.68. The zero-order valence-corrected chi connectivity index (χ0v) is 21.3. The third-order valence-electron chi connectivity index (χ3n) is 7.10. The van der Waals surface area contributed by atoms with Crippen LogP contribution in [0, 0.1) is 0 Å². The van der Waals surface area contributed by atoms with Crippen molar-refractivity contribution in [3.8, 4) is 11.5 Å². The third kappa shape index (κ3) is 5.12. The van der Waals surface area contributed by atoms with Crippen molar-refractivity contribution in [2.24, 2.45) is 0 Å². The Morgan fingerprint density at radius 2 is 1.72 bits per heavy atom. The molecule has 1 aliphatic heterocycles. The second-order valence-corrected chi connectivity index (χ2v) is 10.2. The van der Waals surface area contributed by atoms with Gasteiger partial charge in [-0.05, 0) is 67.6 Å². The molecule has 3 aromatic rings. The fourth-order valence-electron chi connectivity index (χ4n) is 5.22. The van der Waals surface area contributed by atoms with Crippen LogP contribution in [0.4, 0.5) is 17.3 Å². The van der Waals surface area contributed by atoms with Gasteiger partial charge in [-0.1, -0.05) is 32.4 Å². The maximum atomic E-state index is 10.2. The molecular weight excluding hydrogens is 452 g/mol. The molecule has 190 valence electrons. The smallest absolute Gasteiger partial charge is 0.158 e. The van der Waals surface area contributed by atoms with E-state index in [9.17, 15) is 5.11 Å². The molecule has 1 saturated carbocycles. The molecule has 0 atom stereocenters. The highest BCUT2D eigenvalue weighted by atomic mass is 16.5. The molecule has 2 heterocycles. The highest BCUT2D eigenvalue weighted by Gasteiger charge is 2.40. The molecule has 0 amide bonds. The van der Waals surface area contributed by atoms with Gasteiger partial charge in [0.05, 0.1) is 16.0 Å². The number of rotatable bonds is 8. The number of hydrogen-bond acceptors (Lipinski definition) is 7. The summed E-state index contributed by atoms with van der Waals surface area (Å²) in [5, 5.41) is 13.6. The summed E-state index contributed by atoms with van der Waals surface area (Å²) < 4.78 is 27.3. The molecule has 0 saturated heterocycles. The molecule has 7 heteroatoms. The Balaban J connectivity index is 1.45. The zero-order valence-electron chi connectivity index (χ0n) is 23.3. The number of benzene rings is 2. The molecule has 2 aliphatic rings. The second kappa shape index (κ2) is 10.3. The van der Waals surface area contributed by atoms with Gasteiger partial charge in [-0.15, -0.1) is 0 Å². The summed E-state index contributed by atoms with van der Waals surface area (Å²) in [4.78, 5) is 11.0. The minimum Gasteiger partial charge on any atom is -0.497 e. The molecule has 0 spiro atoms. The van der Waals surface area contributed by atoms with Crippen LogP contribution in [-0.4, -0.2) is 34.8 Å². The molecule has 0 radical (unpaired) electrons. The average molecular weight is 491 g/mol. The first-order valence-corrected chi connectivity index (χ1v) is 12.7. The van der Waals surface area contributed by atoms with Crippen molar-refractivity contribution in [1.82, 2.24) is 9.97 Å². The summed E-state index contributed by atoms with van der Waals surface area (Å²) in [6, 6.07) is 15.7. The Labute approximate surface area is 216 Å². The van der Waals surface area contributed by atoms with E-state index in [4.69, 9.17) is 12.2 Å². The summed E-state index contributed by atoms with van der Waals surface area (Å²) in [5.74, 6) is 2.48. The summed E-state index contributed by atoms with van der Waals surface area (Å²) in [7, 11) is 1.63. The van der Waals surface area contributed by atoms with E-state index < -0.39 is 6.56 Å². The van der Waals surface area contributed by atoms with Crippen molar-refractivity contribution in [1.29, 1.82) is 0 Å². The number of ether oxygens (including phenoxy) is 2. The van der Waals surface area contributed by atoms with Crippen LogP contribution in [0.25, 0.3) is 0 Å². The van der Waals surface area contributed by atoms with E-state index in [0.717, 1.165) is 41.2 Å². The number of nitrogens with zero attached hydrogens (tertiary/aromatic N) is 3. The summed E-state index contributed by atoms with van der Waals surface area (Å²) in [5.41, 5.74) is 2.52. The van der Waals surface area contributed by atoms with E-state index >= 15 is 0 Å². The van der Waals surface area contributed by atoms with Gasteiger partial charge in [-0.25, -0.2) is 9.97 Å². The van der Waals surface area contributed by atoms with Crippen LogP contribution in [0.5, 0.6) is 11.5 Å². The van der Waals surface area contributed by atoms with Crippen LogP contribution in [-0.2, 0) is 18.5 Å². The lowest BCUT2D eigenvalue weighted by atomic mass is 9.88. The number of aliphatic hydroxyl groups is 1. The summed E-state index contributed by atoms with van der Waals surface area (Å²) >= 11 is 0. The van der Waals surface area contributed by atoms with E-state index in [0.29, 0.717) is 24.7 Å². The van der Waals surface area contributed by atoms with E-state index in [1.54, 1.807) is 7.11 Å². The predicted octanol–water partition coefficient (Wildman–Crippen LogP) is 5.73. The normalized spacial score (nSPS) is 18.3. The largest absolute Gasteiger partial charge is 0.497 e. The second-order valence-electron chi connectivity index (χ2n) is 10.2. The van der Waals surface area contributed by atoms with Gasteiger partial charge < -0.3 is 24.8 Å². The van der Waals surface area contributed by atoms with Crippen LogP contribution < -0.4 is 19.7 Å². The van der Waals surface area contributed by atoms with Crippen molar-refractivity contribution in [2.45, 2.75) is 70.6 Å². The molecule has 7 nitrogen and oxygen atoms in total. The molecule has 0 bridgehead atoms.